The maximum Gasteiger partial charge on any atom is 0.102 e. The molecule has 0 unspecified atom stereocenters. The lowest BCUT2D eigenvalue weighted by atomic mass is 10.0. The van der Waals surface area contributed by atoms with Crippen LogP contribution in [0.2, 0.25) is 13.1 Å². The molecule has 0 bridgehead atoms. The molecule has 22 heavy (non-hydrogen) atoms. The summed E-state index contributed by atoms with van der Waals surface area (Å²) >= 11 is 0. The Morgan fingerprint density at radius 2 is 0.818 bits per heavy atom. The predicted octanol–water partition coefficient (Wildman–Crippen LogP) is 6.82. The first kappa shape index (κ1) is 22.2. The molecule has 0 aromatic rings. The van der Waals surface area contributed by atoms with Crippen LogP contribution in [0, 0.1) is 0 Å². The van der Waals surface area contributed by atoms with E-state index in [1.54, 1.807) is 0 Å². The molecule has 2 heteroatoms. The summed E-state index contributed by atoms with van der Waals surface area (Å²) in [5.74, 6) is 0. The standard InChI is InChI=1S/C20H45NSi/c1-4-5-6-7-8-9-10-11-12-13-14-15-16-17-18-19-20-21-22(2)3/h21-22H,4-20H2,1-3H3. The van der Waals surface area contributed by atoms with Crippen LogP contribution in [-0.4, -0.2) is 15.5 Å². The Bertz CT molecular complexity index is 194. The van der Waals surface area contributed by atoms with Gasteiger partial charge in [0.2, 0.25) is 0 Å². The highest BCUT2D eigenvalue weighted by Gasteiger charge is 1.95. The quantitative estimate of drug-likeness (QED) is 0.215. The van der Waals surface area contributed by atoms with E-state index in [1.807, 2.05) is 0 Å². The number of hydrogen-bond acceptors (Lipinski definition) is 1. The number of unbranched alkanes of at least 4 members (excludes halogenated alkanes) is 15. The molecule has 0 atom stereocenters. The molecule has 0 radical (unpaired) electrons. The van der Waals surface area contributed by atoms with E-state index >= 15 is 0 Å². The molecule has 134 valence electrons. The highest BCUT2D eigenvalue weighted by Crippen LogP contribution is 2.13. The number of nitrogens with one attached hydrogen (secondary N) is 1. The Kier molecular flexibility index (Phi) is 19.4. The summed E-state index contributed by atoms with van der Waals surface area (Å²) in [4.78, 5) is 3.63. The van der Waals surface area contributed by atoms with Gasteiger partial charge in [0.1, 0.15) is 8.96 Å². The molecule has 0 aromatic carbocycles. The lowest BCUT2D eigenvalue weighted by Gasteiger charge is -2.06. The molecule has 0 aromatic heterocycles. The van der Waals surface area contributed by atoms with Gasteiger partial charge in [0.25, 0.3) is 0 Å². The molecule has 0 saturated heterocycles. The van der Waals surface area contributed by atoms with E-state index in [0.717, 1.165) is 0 Å². The van der Waals surface area contributed by atoms with Crippen molar-refractivity contribution in [3.8, 4) is 0 Å². The third-order valence-corrected chi connectivity index (χ3v) is 5.69. The highest BCUT2D eigenvalue weighted by molar-refractivity contribution is 6.52. The fourth-order valence-electron chi connectivity index (χ4n) is 3.06. The van der Waals surface area contributed by atoms with Crippen LogP contribution in [0.3, 0.4) is 0 Å². The average molecular weight is 328 g/mol. The minimum atomic E-state index is -0.515. The molecule has 0 heterocycles. The SMILES string of the molecule is CCCCCCCCCCCCCCCCCCN[SiH](C)C. The van der Waals surface area contributed by atoms with Crippen molar-refractivity contribution in [3.05, 3.63) is 0 Å². The van der Waals surface area contributed by atoms with Crippen LogP contribution in [0.15, 0.2) is 0 Å². The summed E-state index contributed by atoms with van der Waals surface area (Å²) in [6.45, 7) is 8.30. The van der Waals surface area contributed by atoms with Gasteiger partial charge in [-0.2, -0.15) is 0 Å². The molecule has 1 N–H and O–H groups in total. The zero-order valence-electron chi connectivity index (χ0n) is 16.1. The Balaban J connectivity index is 2.94. The zero-order valence-corrected chi connectivity index (χ0v) is 17.3. The average Bonchev–Trinajstić information content (AvgIpc) is 2.50. The summed E-state index contributed by atoms with van der Waals surface area (Å²) in [5.41, 5.74) is 0. The summed E-state index contributed by atoms with van der Waals surface area (Å²) in [6.07, 6.45) is 23.4. The third-order valence-electron chi connectivity index (χ3n) is 4.58. The predicted molar refractivity (Wildman–Crippen MR) is 106 cm³/mol. The molecule has 0 aliphatic rings. The summed E-state index contributed by atoms with van der Waals surface area (Å²) in [5, 5.41) is 0. The van der Waals surface area contributed by atoms with Gasteiger partial charge in [0.05, 0.1) is 0 Å². The highest BCUT2D eigenvalue weighted by atomic mass is 28.3. The third kappa shape index (κ3) is 20.2. The van der Waals surface area contributed by atoms with Crippen molar-refractivity contribution in [2.75, 3.05) is 6.54 Å². The minimum Gasteiger partial charge on any atom is -0.340 e. The second kappa shape index (κ2) is 19.2. The monoisotopic (exact) mass is 327 g/mol. The Hall–Kier alpha value is 0.177. The molecule has 0 fully saturated rings. The summed E-state index contributed by atoms with van der Waals surface area (Å²) in [6, 6.07) is 0. The van der Waals surface area contributed by atoms with Crippen molar-refractivity contribution in [1.82, 2.24) is 4.98 Å². The van der Waals surface area contributed by atoms with E-state index in [9.17, 15) is 0 Å². The molecular weight excluding hydrogens is 282 g/mol. The van der Waals surface area contributed by atoms with Gasteiger partial charge in [-0.25, -0.2) is 0 Å². The maximum absolute atomic E-state index is 3.63. The van der Waals surface area contributed by atoms with Gasteiger partial charge >= 0.3 is 0 Å². The minimum absolute atomic E-state index is 0.515. The second-order valence-electron chi connectivity index (χ2n) is 7.41. The van der Waals surface area contributed by atoms with Crippen LogP contribution < -0.4 is 4.98 Å². The van der Waals surface area contributed by atoms with Crippen LogP contribution in [0.25, 0.3) is 0 Å². The first-order valence-electron chi connectivity index (χ1n) is 10.5. The zero-order chi connectivity index (χ0) is 16.3. The van der Waals surface area contributed by atoms with Crippen LogP contribution in [-0.2, 0) is 0 Å². The first-order chi connectivity index (χ1) is 10.8. The largest absolute Gasteiger partial charge is 0.340 e. The van der Waals surface area contributed by atoms with Crippen molar-refractivity contribution < 1.29 is 0 Å². The fourth-order valence-corrected chi connectivity index (χ4v) is 3.85. The fraction of sp³-hybridized carbons (Fsp3) is 1.00. The van der Waals surface area contributed by atoms with E-state index in [4.69, 9.17) is 0 Å². The lowest BCUT2D eigenvalue weighted by molar-refractivity contribution is 0.529. The Morgan fingerprint density at radius 1 is 0.500 bits per heavy atom. The molecule has 0 spiro atoms. The molecule has 0 saturated carbocycles. The molecule has 0 aliphatic heterocycles. The number of rotatable bonds is 18. The lowest BCUT2D eigenvalue weighted by Crippen LogP contribution is -2.27. The van der Waals surface area contributed by atoms with Gasteiger partial charge in [-0.05, 0) is 13.0 Å². The smallest absolute Gasteiger partial charge is 0.102 e. The second-order valence-corrected chi connectivity index (χ2v) is 10.1. The Labute approximate surface area is 143 Å². The van der Waals surface area contributed by atoms with E-state index in [0.29, 0.717) is 0 Å². The Morgan fingerprint density at radius 3 is 1.14 bits per heavy atom. The first-order valence-corrected chi connectivity index (χ1v) is 13.4. The normalized spacial score (nSPS) is 11.5. The molecular formula is C20H45NSi. The van der Waals surface area contributed by atoms with Crippen molar-refractivity contribution >= 4 is 8.96 Å². The molecule has 1 nitrogen and oxygen atoms in total. The molecule has 0 aliphatic carbocycles. The van der Waals surface area contributed by atoms with Crippen LogP contribution in [0.1, 0.15) is 110 Å². The van der Waals surface area contributed by atoms with Gasteiger partial charge in [-0.1, -0.05) is 116 Å². The van der Waals surface area contributed by atoms with Gasteiger partial charge in [-0.15, -0.1) is 0 Å². The van der Waals surface area contributed by atoms with Gasteiger partial charge < -0.3 is 4.98 Å². The van der Waals surface area contributed by atoms with E-state index in [1.165, 1.54) is 109 Å². The summed E-state index contributed by atoms with van der Waals surface area (Å²) in [7, 11) is -0.515. The van der Waals surface area contributed by atoms with Crippen LogP contribution >= 0.6 is 0 Å². The molecule has 0 amide bonds. The van der Waals surface area contributed by atoms with Crippen molar-refractivity contribution in [2.24, 2.45) is 0 Å². The van der Waals surface area contributed by atoms with Crippen molar-refractivity contribution in [1.29, 1.82) is 0 Å². The van der Waals surface area contributed by atoms with Crippen LogP contribution in [0.5, 0.6) is 0 Å². The van der Waals surface area contributed by atoms with Gasteiger partial charge in [0, 0.05) is 0 Å². The van der Waals surface area contributed by atoms with E-state index in [-0.39, 0.29) is 0 Å². The van der Waals surface area contributed by atoms with E-state index < -0.39 is 8.96 Å². The van der Waals surface area contributed by atoms with Crippen molar-refractivity contribution in [3.63, 3.8) is 0 Å². The van der Waals surface area contributed by atoms with E-state index in [2.05, 4.69) is 25.0 Å². The van der Waals surface area contributed by atoms with Gasteiger partial charge in [0.15, 0.2) is 0 Å². The van der Waals surface area contributed by atoms with Crippen LogP contribution in [0.4, 0.5) is 0 Å². The van der Waals surface area contributed by atoms with Gasteiger partial charge in [-0.3, -0.25) is 0 Å². The topological polar surface area (TPSA) is 12.0 Å². The maximum atomic E-state index is 3.63. The molecule has 0 rings (SSSR count). The van der Waals surface area contributed by atoms with Crippen molar-refractivity contribution in [2.45, 2.75) is 123 Å². The number of hydrogen-bond donors (Lipinski definition) is 1. The summed E-state index contributed by atoms with van der Waals surface area (Å²) < 4.78 is 0.